The second-order valence-corrected chi connectivity index (χ2v) is 15.7. The molecule has 2 aliphatic rings. The van der Waals surface area contributed by atoms with Crippen molar-refractivity contribution in [1.29, 1.82) is 0 Å². The average Bonchev–Trinajstić information content (AvgIpc) is 3.26. The maximum atomic E-state index is 14.5. The van der Waals surface area contributed by atoms with Gasteiger partial charge in [-0.05, 0) is 87.9 Å². The number of aryl methyl sites for hydroxylation is 3. The Labute approximate surface area is 356 Å². The summed E-state index contributed by atoms with van der Waals surface area (Å²) >= 11 is 0. The highest BCUT2D eigenvalue weighted by Gasteiger charge is 2.50. The molecule has 9 heteroatoms. The molecule has 1 fully saturated rings. The molecular weight excluding hydrogens is 778 g/mol. The summed E-state index contributed by atoms with van der Waals surface area (Å²) in [6, 6.07) is 48.8. The third kappa shape index (κ3) is 11.2. The fourth-order valence-corrected chi connectivity index (χ4v) is 8.23. The Balaban J connectivity index is 1.24. The number of benzene rings is 6. The average molecular weight is 829 g/mol. The lowest BCUT2D eigenvalue weighted by Crippen LogP contribution is -2.58. The zero-order chi connectivity index (χ0) is 42.0. The van der Waals surface area contributed by atoms with E-state index in [1.807, 2.05) is 134 Å². The number of rotatable bonds is 18. The molecule has 1 aliphatic carbocycles. The Morgan fingerprint density at radius 1 is 0.541 bits per heavy atom. The summed E-state index contributed by atoms with van der Waals surface area (Å²) in [5.41, 5.74) is 9.32. The minimum Gasteiger partial charge on any atom is -0.405 e. The van der Waals surface area contributed by atoms with E-state index in [1.165, 1.54) is 17.2 Å². The molecule has 0 bridgehead atoms. The number of ether oxygens (including phenoxy) is 6. The molecule has 6 aromatic rings. The lowest BCUT2D eigenvalue weighted by molar-refractivity contribution is -0.282. The van der Waals surface area contributed by atoms with Gasteiger partial charge < -0.3 is 28.4 Å². The lowest BCUT2D eigenvalue weighted by atomic mass is 9.84. The van der Waals surface area contributed by atoms with Crippen molar-refractivity contribution in [2.45, 2.75) is 95.9 Å². The van der Waals surface area contributed by atoms with E-state index >= 15 is 0 Å². The molecule has 1 aliphatic heterocycles. The van der Waals surface area contributed by atoms with Crippen molar-refractivity contribution in [2.75, 3.05) is 6.61 Å². The first kappa shape index (κ1) is 42.4. The fourth-order valence-electron chi connectivity index (χ4n) is 8.23. The minimum atomic E-state index is -4.97. The molecule has 0 amide bonds. The molecule has 0 N–H and O–H groups in total. The first-order valence-electron chi connectivity index (χ1n) is 21.1. The Bertz CT molecular complexity index is 2290. The Morgan fingerprint density at radius 3 is 1.57 bits per heavy atom. The van der Waals surface area contributed by atoms with Crippen LogP contribution in [0.25, 0.3) is 0 Å². The normalized spacial score (nSPS) is 19.8. The molecule has 5 atom stereocenters. The van der Waals surface area contributed by atoms with Crippen LogP contribution in [0.1, 0.15) is 68.7 Å². The van der Waals surface area contributed by atoms with Crippen LogP contribution in [-0.2, 0) is 75.8 Å². The quantitative estimate of drug-likeness (QED) is 0.0860. The number of fused-ring (bicyclic) bond motifs is 1. The first-order valence-corrected chi connectivity index (χ1v) is 21.1. The second kappa shape index (κ2) is 20.1. The predicted molar refractivity (Wildman–Crippen MR) is 228 cm³/mol. The van der Waals surface area contributed by atoms with Gasteiger partial charge in [-0.1, -0.05) is 146 Å². The molecule has 0 aromatic heterocycles. The zero-order valence-corrected chi connectivity index (χ0v) is 34.3. The molecule has 61 heavy (non-hydrogen) atoms. The van der Waals surface area contributed by atoms with Crippen LogP contribution in [0.3, 0.4) is 0 Å². The van der Waals surface area contributed by atoms with Gasteiger partial charge in [-0.2, -0.15) is 0 Å². The Hall–Kier alpha value is -5.29. The molecular formula is C52H51F3O6. The van der Waals surface area contributed by atoms with Gasteiger partial charge in [0.05, 0.1) is 33.0 Å². The third-order valence-corrected chi connectivity index (χ3v) is 11.5. The summed E-state index contributed by atoms with van der Waals surface area (Å²) in [7, 11) is 0. The number of hydrogen-bond acceptors (Lipinski definition) is 6. The van der Waals surface area contributed by atoms with E-state index in [9.17, 15) is 13.2 Å². The highest BCUT2D eigenvalue weighted by molar-refractivity contribution is 5.48. The number of halogens is 3. The monoisotopic (exact) mass is 828 g/mol. The molecule has 8 rings (SSSR count). The van der Waals surface area contributed by atoms with Crippen molar-refractivity contribution < 1.29 is 41.6 Å². The topological polar surface area (TPSA) is 55.4 Å². The maximum Gasteiger partial charge on any atom is 0.573 e. The van der Waals surface area contributed by atoms with Crippen LogP contribution in [0, 0.1) is 0 Å². The summed E-state index contributed by atoms with van der Waals surface area (Å²) in [6.07, 6.45) is -6.30. The van der Waals surface area contributed by atoms with Gasteiger partial charge >= 0.3 is 6.36 Å². The van der Waals surface area contributed by atoms with Crippen LogP contribution in [0.2, 0.25) is 0 Å². The van der Waals surface area contributed by atoms with Crippen molar-refractivity contribution in [2.24, 2.45) is 0 Å². The largest absolute Gasteiger partial charge is 0.573 e. The molecule has 0 saturated carbocycles. The molecule has 0 unspecified atom stereocenters. The number of alkyl halides is 3. The van der Waals surface area contributed by atoms with Crippen molar-refractivity contribution in [3.8, 4) is 5.75 Å². The van der Waals surface area contributed by atoms with E-state index in [0.717, 1.165) is 51.8 Å². The molecule has 316 valence electrons. The van der Waals surface area contributed by atoms with E-state index in [1.54, 1.807) is 0 Å². The van der Waals surface area contributed by atoms with Gasteiger partial charge in [0.15, 0.2) is 0 Å². The van der Waals surface area contributed by atoms with Gasteiger partial charge in [0.1, 0.15) is 36.3 Å². The molecule has 6 nitrogen and oxygen atoms in total. The van der Waals surface area contributed by atoms with Gasteiger partial charge in [0.2, 0.25) is 0 Å². The summed E-state index contributed by atoms with van der Waals surface area (Å²) in [5, 5.41) is 0. The minimum absolute atomic E-state index is 0.0614. The summed E-state index contributed by atoms with van der Waals surface area (Å²) in [6.45, 7) is 2.85. The van der Waals surface area contributed by atoms with Crippen molar-refractivity contribution in [1.82, 2.24) is 0 Å². The van der Waals surface area contributed by atoms with Crippen LogP contribution < -0.4 is 4.74 Å². The molecule has 1 saturated heterocycles. The van der Waals surface area contributed by atoms with Crippen molar-refractivity contribution >= 4 is 0 Å². The van der Waals surface area contributed by atoms with E-state index in [-0.39, 0.29) is 37.7 Å². The van der Waals surface area contributed by atoms with Gasteiger partial charge in [-0.3, -0.25) is 0 Å². The van der Waals surface area contributed by atoms with Gasteiger partial charge in [0.25, 0.3) is 0 Å². The van der Waals surface area contributed by atoms with Crippen LogP contribution in [0.5, 0.6) is 5.75 Å². The first-order chi connectivity index (χ1) is 29.8. The van der Waals surface area contributed by atoms with Crippen LogP contribution >= 0.6 is 0 Å². The third-order valence-electron chi connectivity index (χ3n) is 11.5. The van der Waals surface area contributed by atoms with Crippen molar-refractivity contribution in [3.05, 3.63) is 207 Å². The Kier molecular flexibility index (Phi) is 13.9. The number of hydrogen-bond donors (Lipinski definition) is 0. The van der Waals surface area contributed by atoms with Crippen LogP contribution in [-0.4, -0.2) is 37.4 Å². The molecule has 1 heterocycles. The van der Waals surface area contributed by atoms with Gasteiger partial charge in [-0.15, -0.1) is 13.2 Å². The van der Waals surface area contributed by atoms with E-state index in [0.29, 0.717) is 19.4 Å². The Morgan fingerprint density at radius 2 is 1.07 bits per heavy atom. The molecule has 6 aromatic carbocycles. The van der Waals surface area contributed by atoms with E-state index < -0.39 is 36.9 Å². The maximum absolute atomic E-state index is 14.5. The van der Waals surface area contributed by atoms with E-state index in [2.05, 4.69) is 18.2 Å². The molecule has 0 radical (unpaired) electrons. The summed E-state index contributed by atoms with van der Waals surface area (Å²) < 4.78 is 82.4. The molecule has 0 spiro atoms. The highest BCUT2D eigenvalue weighted by atomic mass is 19.4. The smallest absolute Gasteiger partial charge is 0.405 e. The predicted octanol–water partition coefficient (Wildman–Crippen LogP) is 11.2. The summed E-state index contributed by atoms with van der Waals surface area (Å²) in [4.78, 5) is 0. The van der Waals surface area contributed by atoms with Crippen LogP contribution in [0.15, 0.2) is 152 Å². The summed E-state index contributed by atoms with van der Waals surface area (Å²) in [5.74, 6) is -0.335. The highest BCUT2D eigenvalue weighted by Crippen LogP contribution is 2.44. The fraction of sp³-hybridized carbons (Fsp3) is 0.308. The standard InChI is InChI=1S/C52H51F3O6/c1-2-41-30-46(61-52(53,54)55)45(29-44(41)28-40-23-24-42-25-26-43(42)27-40)48-50(58-33-38-19-11-5-12-20-38)51(59-34-39-21-13-6-14-22-39)49(57-32-37-17-9-4-10-18-37)47(60-48)35-56-31-36-15-7-3-8-16-36/h3-24,27,29-30,47-51H,2,25-26,28,31-35H2,1H3/t47-,48+,49-,50+,51+/m1/s1. The van der Waals surface area contributed by atoms with E-state index in [4.69, 9.17) is 28.4 Å². The SMILES string of the molecule is CCc1cc(OC(F)(F)F)c([C@@H]2O[C@H](COCc3ccccc3)[C@@H](OCc3ccccc3)[C@H](OCc3ccccc3)[C@H]2OCc2ccccc2)cc1Cc1ccc2c(c1)CC2. The van der Waals surface area contributed by atoms with Gasteiger partial charge in [0, 0.05) is 5.56 Å². The second-order valence-electron chi connectivity index (χ2n) is 15.7. The van der Waals surface area contributed by atoms with Crippen LogP contribution in [0.4, 0.5) is 13.2 Å². The lowest BCUT2D eigenvalue weighted by Gasteiger charge is -2.46. The van der Waals surface area contributed by atoms with Gasteiger partial charge in [-0.25, -0.2) is 0 Å². The zero-order valence-electron chi connectivity index (χ0n) is 34.3. The van der Waals surface area contributed by atoms with Crippen molar-refractivity contribution in [3.63, 3.8) is 0 Å².